The van der Waals surface area contributed by atoms with Crippen molar-refractivity contribution in [2.45, 2.75) is 13.3 Å². The van der Waals surface area contributed by atoms with Crippen molar-refractivity contribution < 1.29 is 14.0 Å². The quantitative estimate of drug-likeness (QED) is 0.786. The molecular weight excluding hydrogens is 335 g/mol. The number of fused-ring (bicyclic) bond motifs is 1. The monoisotopic (exact) mass is 352 g/mol. The molecule has 0 atom stereocenters. The van der Waals surface area contributed by atoms with Crippen LogP contribution in [0.3, 0.4) is 0 Å². The first-order valence-corrected chi connectivity index (χ1v) is 8.33. The topological polar surface area (TPSA) is 81.2 Å². The van der Waals surface area contributed by atoms with E-state index in [9.17, 15) is 9.59 Å². The molecule has 4 rings (SSSR count). The van der Waals surface area contributed by atoms with E-state index in [0.29, 0.717) is 29.9 Å². The van der Waals surface area contributed by atoms with Crippen LogP contribution in [0.2, 0.25) is 0 Å². The van der Waals surface area contributed by atoms with Gasteiger partial charge >= 0.3 is 0 Å². The molecular formula is C19H17FN4O2. The second kappa shape index (κ2) is 5.94. The first-order chi connectivity index (χ1) is 12.5. The highest BCUT2D eigenvalue weighted by atomic mass is 19.1. The van der Waals surface area contributed by atoms with Gasteiger partial charge in [-0.3, -0.25) is 14.2 Å². The molecule has 1 aliphatic heterocycles. The predicted octanol–water partition coefficient (Wildman–Crippen LogP) is 2.42. The summed E-state index contributed by atoms with van der Waals surface area (Å²) in [6.07, 6.45) is 2.45. The van der Waals surface area contributed by atoms with Crippen molar-refractivity contribution in [2.75, 3.05) is 13.1 Å². The molecule has 0 saturated carbocycles. The van der Waals surface area contributed by atoms with Gasteiger partial charge in [-0.2, -0.15) is 0 Å². The summed E-state index contributed by atoms with van der Waals surface area (Å²) in [5.74, 6) is -1.41. The number of halogens is 1. The number of carbonyl (C=O) groups is 2. The maximum atomic E-state index is 15.2. The number of hydrogen-bond acceptors (Lipinski definition) is 3. The van der Waals surface area contributed by atoms with Gasteiger partial charge in [0.1, 0.15) is 11.8 Å². The maximum Gasteiger partial charge on any atom is 0.256 e. The number of imidazole rings is 1. The van der Waals surface area contributed by atoms with Gasteiger partial charge in [0.2, 0.25) is 5.91 Å². The molecule has 1 aromatic heterocycles. The first-order valence-electron chi connectivity index (χ1n) is 8.33. The van der Waals surface area contributed by atoms with Crippen molar-refractivity contribution in [3.63, 3.8) is 0 Å². The molecule has 1 saturated heterocycles. The van der Waals surface area contributed by atoms with Crippen LogP contribution in [0.1, 0.15) is 32.7 Å². The number of aryl methyl sites for hydroxylation is 1. The Balaban J connectivity index is 1.87. The lowest BCUT2D eigenvalue weighted by atomic mass is 10.1. The molecule has 2 heterocycles. The molecule has 26 heavy (non-hydrogen) atoms. The van der Waals surface area contributed by atoms with Crippen molar-refractivity contribution in [2.24, 2.45) is 5.73 Å². The number of nitrogens with zero attached hydrogens (tertiary/aromatic N) is 3. The molecule has 0 aliphatic carbocycles. The van der Waals surface area contributed by atoms with Crippen molar-refractivity contribution >= 4 is 22.8 Å². The number of carbonyl (C=O) groups excluding carboxylic acids is 2. The molecule has 0 bridgehead atoms. The minimum atomic E-state index is -0.584. The Kier molecular flexibility index (Phi) is 3.72. The van der Waals surface area contributed by atoms with Crippen LogP contribution in [0.4, 0.5) is 4.39 Å². The molecule has 0 radical (unpaired) electrons. The van der Waals surface area contributed by atoms with Gasteiger partial charge in [0.25, 0.3) is 5.91 Å². The number of nitrogens with two attached hydrogens (primary N) is 1. The zero-order valence-electron chi connectivity index (χ0n) is 14.2. The fraction of sp³-hybridized carbons (Fsp3) is 0.211. The molecule has 1 aliphatic rings. The zero-order valence-corrected chi connectivity index (χ0v) is 14.2. The van der Waals surface area contributed by atoms with Gasteiger partial charge in [0, 0.05) is 24.3 Å². The number of hydrogen-bond donors (Lipinski definition) is 1. The van der Waals surface area contributed by atoms with Gasteiger partial charge < -0.3 is 10.6 Å². The van der Waals surface area contributed by atoms with Crippen LogP contribution in [0.15, 0.2) is 36.7 Å². The van der Waals surface area contributed by atoms with E-state index in [0.717, 1.165) is 12.0 Å². The fourth-order valence-corrected chi connectivity index (χ4v) is 3.15. The van der Waals surface area contributed by atoms with Gasteiger partial charge in [0.05, 0.1) is 11.1 Å². The maximum absolute atomic E-state index is 15.2. The molecule has 0 spiro atoms. The number of rotatable bonds is 3. The Morgan fingerprint density at radius 3 is 2.46 bits per heavy atom. The van der Waals surface area contributed by atoms with Gasteiger partial charge in [-0.15, -0.1) is 0 Å². The van der Waals surface area contributed by atoms with Gasteiger partial charge in [-0.25, -0.2) is 9.37 Å². The number of likely N-dealkylation sites (tertiary alicyclic amines) is 1. The largest absolute Gasteiger partial charge is 0.366 e. The summed E-state index contributed by atoms with van der Waals surface area (Å²) in [7, 11) is 0. The summed E-state index contributed by atoms with van der Waals surface area (Å²) in [5, 5.41) is 0. The Labute approximate surface area is 149 Å². The Morgan fingerprint density at radius 1 is 1.19 bits per heavy atom. The number of benzene rings is 2. The summed E-state index contributed by atoms with van der Waals surface area (Å²) >= 11 is 0. The molecule has 7 heteroatoms. The van der Waals surface area contributed by atoms with Crippen molar-refractivity contribution in [3.8, 4) is 5.69 Å². The highest BCUT2D eigenvalue weighted by Crippen LogP contribution is 2.28. The number of amides is 2. The van der Waals surface area contributed by atoms with Gasteiger partial charge in [-0.05, 0) is 49.2 Å². The third-order valence-electron chi connectivity index (χ3n) is 4.75. The number of aromatic nitrogens is 2. The average molecular weight is 352 g/mol. The Bertz CT molecular complexity index is 1040. The molecule has 2 amide bonds. The van der Waals surface area contributed by atoms with Gasteiger partial charge in [0.15, 0.2) is 5.82 Å². The predicted molar refractivity (Wildman–Crippen MR) is 94.8 cm³/mol. The normalized spacial score (nSPS) is 13.7. The third kappa shape index (κ3) is 2.44. The van der Waals surface area contributed by atoms with Crippen molar-refractivity contribution in [1.82, 2.24) is 14.5 Å². The average Bonchev–Trinajstić information content (AvgIpc) is 3.02. The highest BCUT2D eigenvalue weighted by Gasteiger charge is 2.27. The van der Waals surface area contributed by atoms with E-state index in [4.69, 9.17) is 5.73 Å². The second-order valence-corrected chi connectivity index (χ2v) is 6.42. The van der Waals surface area contributed by atoms with E-state index < -0.39 is 11.7 Å². The van der Waals surface area contributed by atoms with Crippen LogP contribution < -0.4 is 5.73 Å². The third-order valence-corrected chi connectivity index (χ3v) is 4.75. The Morgan fingerprint density at radius 2 is 1.88 bits per heavy atom. The van der Waals surface area contributed by atoms with E-state index in [1.807, 2.05) is 6.92 Å². The summed E-state index contributed by atoms with van der Waals surface area (Å²) in [5.41, 5.74) is 7.80. The van der Waals surface area contributed by atoms with Crippen molar-refractivity contribution in [1.29, 1.82) is 0 Å². The lowest BCUT2D eigenvalue weighted by Crippen LogP contribution is -2.42. The van der Waals surface area contributed by atoms with Gasteiger partial charge in [-0.1, -0.05) is 0 Å². The lowest BCUT2D eigenvalue weighted by molar-refractivity contribution is 0.0647. The Hall–Kier alpha value is -3.22. The molecule has 1 fully saturated rings. The van der Waals surface area contributed by atoms with Crippen molar-refractivity contribution in [3.05, 3.63) is 59.2 Å². The summed E-state index contributed by atoms with van der Waals surface area (Å²) < 4.78 is 16.8. The van der Waals surface area contributed by atoms with Crippen LogP contribution in [0.25, 0.3) is 16.7 Å². The van der Waals surface area contributed by atoms with Crippen LogP contribution in [-0.2, 0) is 0 Å². The SMILES string of the molecule is Cc1cc(C(=O)N2CCC2)c(F)c2c1ncn2-c1ccc(C(N)=O)cc1. The summed E-state index contributed by atoms with van der Waals surface area (Å²) in [6.45, 7) is 3.12. The summed E-state index contributed by atoms with van der Waals surface area (Å²) in [4.78, 5) is 29.7. The zero-order chi connectivity index (χ0) is 18.4. The lowest BCUT2D eigenvalue weighted by Gasteiger charge is -2.31. The standard InChI is InChI=1S/C19H17FN4O2/c1-11-9-14(19(26)23-7-2-8-23)15(20)17-16(11)22-10-24(17)13-5-3-12(4-6-13)18(21)25/h3-6,9-10H,2,7-8H2,1H3,(H2,21,25). The minimum Gasteiger partial charge on any atom is -0.366 e. The first kappa shape index (κ1) is 16.3. The molecule has 0 unspecified atom stereocenters. The smallest absolute Gasteiger partial charge is 0.256 e. The molecule has 2 N–H and O–H groups in total. The molecule has 3 aromatic rings. The van der Waals surface area contributed by atoms with Crippen LogP contribution in [0, 0.1) is 12.7 Å². The van der Waals surface area contributed by atoms with Crippen LogP contribution in [0.5, 0.6) is 0 Å². The fourth-order valence-electron chi connectivity index (χ4n) is 3.15. The second-order valence-electron chi connectivity index (χ2n) is 6.42. The molecule has 132 valence electrons. The van der Waals surface area contributed by atoms with E-state index in [1.165, 1.54) is 6.33 Å². The van der Waals surface area contributed by atoms with E-state index in [-0.39, 0.29) is 17.0 Å². The van der Waals surface area contributed by atoms with E-state index in [1.54, 1.807) is 39.8 Å². The van der Waals surface area contributed by atoms with Crippen LogP contribution in [-0.4, -0.2) is 39.4 Å². The van der Waals surface area contributed by atoms with E-state index in [2.05, 4.69) is 4.98 Å². The minimum absolute atomic E-state index is 0.0604. The number of primary amides is 1. The molecule has 6 nitrogen and oxygen atoms in total. The van der Waals surface area contributed by atoms with E-state index >= 15 is 4.39 Å². The summed E-state index contributed by atoms with van der Waals surface area (Å²) in [6, 6.07) is 8.04. The molecule has 2 aromatic carbocycles. The van der Waals surface area contributed by atoms with Crippen LogP contribution >= 0.6 is 0 Å². The highest BCUT2D eigenvalue weighted by molar-refractivity contribution is 5.99.